The monoisotopic (exact) mass is 1240 g/mol. The van der Waals surface area contributed by atoms with Gasteiger partial charge in [-0.15, -0.1) is 58.1 Å². The number of rotatable bonds is 10. The van der Waals surface area contributed by atoms with E-state index in [1.165, 1.54) is 86.7 Å². The number of benzene rings is 7. The minimum absolute atomic E-state index is 0. The molecule has 62 heavy (non-hydrogen) atoms. The maximum Gasteiger partial charge on any atom is 1.00 e. The molecule has 6 heteroatoms. The predicted molar refractivity (Wildman–Crippen MR) is 274 cm³/mol. The van der Waals surface area contributed by atoms with Crippen LogP contribution in [-0.2, 0) is 44.8 Å². The van der Waals surface area contributed by atoms with Crippen molar-refractivity contribution in [3.8, 4) is 11.8 Å². The first kappa shape index (κ1) is 48.9. The molecule has 0 radical (unpaired) electrons. The Bertz CT molecular complexity index is 2770. The third-order valence-corrected chi connectivity index (χ3v) is 18.7. The number of allylic oxidation sites excluding steroid dienone is 4. The maximum absolute atomic E-state index is 7.11. The SMILES string of the molecule is C/C=C\C(=C/C)[PH+](CCCC[PH+](c1ccccc1)c1ccccc1)c1ccccc1.[Au+].[Au+].[C-]#Cc1ccc2c(c1)sc1ccccc12.[C-]#Cc1ccc2c(c1)sc1ccccc12. The summed E-state index contributed by atoms with van der Waals surface area (Å²) in [5, 5.41) is 11.3. The first-order chi connectivity index (χ1) is 29.6. The average molecular weight is 1240 g/mol. The van der Waals surface area contributed by atoms with Gasteiger partial charge in [-0.3, -0.25) is 11.8 Å². The van der Waals surface area contributed by atoms with Gasteiger partial charge in [0.15, 0.2) is 0 Å². The molecule has 0 aliphatic heterocycles. The standard InChI is InChI=1S/C28H32P2.2C14H7S.2Au/c1-3-16-25(4-2)29(26-17-8-5-9-18-26)23-14-15-24-30(27-19-10-6-11-20-27)28-21-12-7-13-22-28;2*1-2-10-7-8-12-11-5-3-4-6-13(11)15-14(12)9-10;;/h3-13,16-22H,14-15,23-24H2,1-2H3;2*3-9H;;/q;2*-1;2*+1/p+2/b16-3-,25-4+;;;;. The summed E-state index contributed by atoms with van der Waals surface area (Å²) in [6, 6.07) is 62.3. The van der Waals surface area contributed by atoms with Crippen LogP contribution in [0.3, 0.4) is 0 Å². The largest absolute Gasteiger partial charge is 1.00 e. The van der Waals surface area contributed by atoms with E-state index in [-0.39, 0.29) is 44.8 Å². The Morgan fingerprint density at radius 2 is 0.887 bits per heavy atom. The number of unbranched alkanes of at least 4 members (excludes halogenated alkanes) is 1. The molecule has 7 aromatic carbocycles. The molecule has 9 aromatic rings. The second kappa shape index (κ2) is 25.3. The first-order valence-electron chi connectivity index (χ1n) is 20.5. The summed E-state index contributed by atoms with van der Waals surface area (Å²) in [5.41, 5.74) is 1.68. The summed E-state index contributed by atoms with van der Waals surface area (Å²) in [4.78, 5) is 0. The molecule has 0 nitrogen and oxygen atoms in total. The summed E-state index contributed by atoms with van der Waals surface area (Å²) in [6.07, 6.45) is 26.3. The van der Waals surface area contributed by atoms with Crippen LogP contribution < -0.4 is 15.9 Å². The van der Waals surface area contributed by atoms with E-state index in [4.69, 9.17) is 12.8 Å². The molecule has 0 saturated carbocycles. The van der Waals surface area contributed by atoms with E-state index in [0.29, 0.717) is 0 Å². The molecule has 0 N–H and O–H groups in total. The molecule has 0 aliphatic carbocycles. The third-order valence-electron chi connectivity index (χ3n) is 10.5. The smallest absolute Gasteiger partial charge is 0.366 e. The van der Waals surface area contributed by atoms with Gasteiger partial charge in [-0.1, -0.05) is 109 Å². The number of fused-ring (bicyclic) bond motifs is 6. The molecule has 2 heterocycles. The summed E-state index contributed by atoms with van der Waals surface area (Å²) in [5.74, 6) is 4.84. The Morgan fingerprint density at radius 3 is 1.32 bits per heavy atom. The van der Waals surface area contributed by atoms with Gasteiger partial charge in [0.05, 0.1) is 49.4 Å². The Balaban J connectivity index is 0.000000190. The van der Waals surface area contributed by atoms with Crippen LogP contribution >= 0.6 is 38.5 Å². The van der Waals surface area contributed by atoms with Crippen molar-refractivity contribution in [1.29, 1.82) is 0 Å². The molecule has 1 atom stereocenters. The van der Waals surface area contributed by atoms with Gasteiger partial charge in [-0.05, 0) is 98.1 Å². The van der Waals surface area contributed by atoms with Crippen LogP contribution in [0.1, 0.15) is 37.8 Å². The van der Waals surface area contributed by atoms with Crippen molar-refractivity contribution >= 4 is 94.8 Å². The molecule has 314 valence electrons. The van der Waals surface area contributed by atoms with Crippen molar-refractivity contribution in [3.63, 3.8) is 0 Å². The van der Waals surface area contributed by atoms with Gasteiger partial charge in [-0.25, -0.2) is 0 Å². The normalized spacial score (nSPS) is 11.5. The minimum Gasteiger partial charge on any atom is -0.366 e. The second-order valence-electron chi connectivity index (χ2n) is 14.4. The van der Waals surface area contributed by atoms with Gasteiger partial charge in [0.1, 0.15) is 0 Å². The van der Waals surface area contributed by atoms with Gasteiger partial charge in [0, 0.05) is 29.6 Å². The van der Waals surface area contributed by atoms with Crippen LogP contribution in [-0.4, -0.2) is 12.3 Å². The van der Waals surface area contributed by atoms with Gasteiger partial charge in [-0.2, -0.15) is 0 Å². The zero-order valence-corrected chi connectivity index (χ0v) is 42.7. The molecule has 0 fully saturated rings. The molecular weight excluding hydrogens is 1190 g/mol. The fraction of sp³-hybridized carbons (Fsp3) is 0.107. The van der Waals surface area contributed by atoms with Crippen LogP contribution in [0.15, 0.2) is 199 Å². The van der Waals surface area contributed by atoms with Crippen molar-refractivity contribution < 1.29 is 44.8 Å². The van der Waals surface area contributed by atoms with Gasteiger partial charge in [0.25, 0.3) is 0 Å². The Labute approximate surface area is 410 Å². The van der Waals surface area contributed by atoms with Crippen molar-refractivity contribution in [2.45, 2.75) is 26.7 Å². The van der Waals surface area contributed by atoms with E-state index in [2.05, 4.69) is 196 Å². The number of thiophene rings is 2. The van der Waals surface area contributed by atoms with Gasteiger partial charge < -0.3 is 12.8 Å². The van der Waals surface area contributed by atoms with Crippen LogP contribution in [0.4, 0.5) is 0 Å². The van der Waals surface area contributed by atoms with Crippen molar-refractivity contribution in [2.75, 3.05) is 12.3 Å². The second-order valence-corrected chi connectivity index (χ2v) is 21.8. The van der Waals surface area contributed by atoms with E-state index in [9.17, 15) is 0 Å². The summed E-state index contributed by atoms with van der Waals surface area (Å²) in [6.45, 7) is 4.32. The fourth-order valence-electron chi connectivity index (χ4n) is 7.59. The molecule has 0 saturated heterocycles. The summed E-state index contributed by atoms with van der Waals surface area (Å²) < 4.78 is 5.06. The minimum atomic E-state index is -0.714. The number of hydrogen-bond acceptors (Lipinski definition) is 2. The van der Waals surface area contributed by atoms with Crippen molar-refractivity contribution in [2.24, 2.45) is 0 Å². The first-order valence-corrected chi connectivity index (χ1v) is 25.5. The van der Waals surface area contributed by atoms with E-state index >= 15 is 0 Å². The van der Waals surface area contributed by atoms with Crippen LogP contribution in [0, 0.1) is 24.7 Å². The summed E-state index contributed by atoms with van der Waals surface area (Å²) >= 11 is 3.54. The van der Waals surface area contributed by atoms with E-state index < -0.39 is 15.8 Å². The molecule has 9 rings (SSSR count). The molecule has 0 aliphatic rings. The fourth-order valence-corrected chi connectivity index (χ4v) is 15.4. The molecular formula is C56H48Au2P2S2+2. The summed E-state index contributed by atoms with van der Waals surface area (Å²) in [7, 11) is -1.43. The zero-order valence-electron chi connectivity index (χ0n) is 34.7. The predicted octanol–water partition coefficient (Wildman–Crippen LogP) is 14.6. The van der Waals surface area contributed by atoms with Gasteiger partial charge in [0.2, 0.25) is 0 Å². The quantitative estimate of drug-likeness (QED) is 0.0320. The topological polar surface area (TPSA) is 0 Å². The molecule has 0 bridgehead atoms. The van der Waals surface area contributed by atoms with Crippen LogP contribution in [0.2, 0.25) is 0 Å². The molecule has 2 aromatic heterocycles. The number of hydrogen-bond donors (Lipinski definition) is 0. The van der Waals surface area contributed by atoms with E-state index in [1.807, 2.05) is 24.3 Å². The van der Waals surface area contributed by atoms with Gasteiger partial charge >= 0.3 is 44.8 Å². The Morgan fingerprint density at radius 1 is 0.484 bits per heavy atom. The van der Waals surface area contributed by atoms with Crippen LogP contribution in [0.25, 0.3) is 40.3 Å². The Hall–Kier alpha value is -4.08. The van der Waals surface area contributed by atoms with E-state index in [0.717, 1.165) is 11.1 Å². The molecule has 1 unspecified atom stereocenters. The van der Waals surface area contributed by atoms with Crippen molar-refractivity contribution in [3.05, 3.63) is 223 Å². The molecule has 0 amide bonds. The van der Waals surface area contributed by atoms with E-state index in [1.54, 1.807) is 22.7 Å². The molecule has 0 spiro atoms. The average Bonchev–Trinajstić information content (AvgIpc) is 3.88. The maximum atomic E-state index is 7.11. The Kier molecular flexibility index (Phi) is 20.0. The van der Waals surface area contributed by atoms with Crippen molar-refractivity contribution in [1.82, 2.24) is 0 Å². The van der Waals surface area contributed by atoms with Crippen LogP contribution in [0.5, 0.6) is 0 Å². The third kappa shape index (κ3) is 12.6. The zero-order chi connectivity index (χ0) is 41.5.